The molecule has 0 spiro atoms. The van der Waals surface area contributed by atoms with Gasteiger partial charge >= 0.3 is 0 Å². The summed E-state index contributed by atoms with van der Waals surface area (Å²) in [7, 11) is 0. The van der Waals surface area contributed by atoms with E-state index in [1.54, 1.807) is 12.3 Å². The molecule has 0 aliphatic carbocycles. The Bertz CT molecular complexity index is 719. The smallest absolute Gasteiger partial charge is 0.254 e. The van der Waals surface area contributed by atoms with Crippen LogP contribution in [0.2, 0.25) is 0 Å². The second-order valence-corrected chi connectivity index (χ2v) is 5.95. The van der Waals surface area contributed by atoms with Crippen LogP contribution in [-0.2, 0) is 16.7 Å². The molecule has 3 rings (SSSR count). The lowest BCUT2D eigenvalue weighted by atomic mass is 9.96. The molecular weight excluding hydrogens is 294 g/mol. The molecule has 1 atom stereocenters. The van der Waals surface area contributed by atoms with Crippen LogP contribution in [0.5, 0.6) is 0 Å². The molecule has 122 valence electrons. The number of amides is 1. The molecule has 1 saturated heterocycles. The van der Waals surface area contributed by atoms with Crippen molar-refractivity contribution in [1.82, 2.24) is 25.5 Å². The summed E-state index contributed by atoms with van der Waals surface area (Å²) in [5.74, 6) is 0.567. The van der Waals surface area contributed by atoms with E-state index in [2.05, 4.69) is 25.5 Å². The third-order valence-corrected chi connectivity index (χ3v) is 4.10. The first kappa shape index (κ1) is 15.6. The third kappa shape index (κ3) is 2.96. The number of carbonyl (C=O) groups is 1. The lowest BCUT2D eigenvalue weighted by Crippen LogP contribution is -2.47. The van der Waals surface area contributed by atoms with Crippen molar-refractivity contribution in [2.24, 2.45) is 0 Å². The molecular formula is C16H21N5O2. The molecule has 2 aromatic heterocycles. The van der Waals surface area contributed by atoms with Gasteiger partial charge in [-0.2, -0.15) is 10.2 Å². The summed E-state index contributed by atoms with van der Waals surface area (Å²) in [6.45, 7) is 6.72. The first-order chi connectivity index (χ1) is 11.0. The van der Waals surface area contributed by atoms with E-state index in [0.29, 0.717) is 37.3 Å². The highest BCUT2D eigenvalue weighted by atomic mass is 16.5. The van der Waals surface area contributed by atoms with Crippen molar-refractivity contribution in [2.45, 2.75) is 39.2 Å². The first-order valence-electron chi connectivity index (χ1n) is 7.79. The van der Waals surface area contributed by atoms with E-state index < -0.39 is 5.54 Å². The zero-order chi connectivity index (χ0) is 16.4. The number of aromatic amines is 1. The Labute approximate surface area is 134 Å². The van der Waals surface area contributed by atoms with Gasteiger partial charge in [0.1, 0.15) is 11.4 Å². The van der Waals surface area contributed by atoms with Crippen molar-refractivity contribution in [3.05, 3.63) is 40.7 Å². The summed E-state index contributed by atoms with van der Waals surface area (Å²) in [6.07, 6.45) is 3.10. The highest BCUT2D eigenvalue weighted by molar-refractivity contribution is 5.95. The van der Waals surface area contributed by atoms with Crippen molar-refractivity contribution in [3.63, 3.8) is 0 Å². The number of H-pyrrole nitrogens is 1. The molecule has 7 heteroatoms. The Balaban J connectivity index is 1.92. The Hall–Kier alpha value is -2.28. The van der Waals surface area contributed by atoms with Gasteiger partial charge in [-0.1, -0.05) is 6.92 Å². The fraction of sp³-hybridized carbons (Fsp3) is 0.500. The minimum Gasteiger partial charge on any atom is -0.378 e. The molecule has 1 amide bonds. The molecule has 1 aliphatic rings. The van der Waals surface area contributed by atoms with Crippen LogP contribution in [0.15, 0.2) is 12.3 Å². The van der Waals surface area contributed by atoms with Crippen molar-refractivity contribution < 1.29 is 9.53 Å². The van der Waals surface area contributed by atoms with E-state index in [0.717, 1.165) is 17.2 Å². The zero-order valence-electron chi connectivity index (χ0n) is 13.6. The van der Waals surface area contributed by atoms with Gasteiger partial charge in [0, 0.05) is 24.9 Å². The molecule has 23 heavy (non-hydrogen) atoms. The number of rotatable bonds is 4. The summed E-state index contributed by atoms with van der Waals surface area (Å²) in [5.41, 5.74) is 2.31. The fourth-order valence-corrected chi connectivity index (χ4v) is 2.82. The van der Waals surface area contributed by atoms with Gasteiger partial charge in [0.05, 0.1) is 23.6 Å². The van der Waals surface area contributed by atoms with Crippen LogP contribution in [-0.4, -0.2) is 39.3 Å². The molecule has 0 saturated carbocycles. The number of nitrogens with zero attached hydrogens (tertiary/aromatic N) is 3. The van der Waals surface area contributed by atoms with Crippen LogP contribution >= 0.6 is 0 Å². The number of ether oxygens (including phenoxy) is 1. The normalized spacial score (nSPS) is 20.7. The molecule has 0 radical (unpaired) electrons. The highest BCUT2D eigenvalue weighted by Crippen LogP contribution is 2.29. The maximum Gasteiger partial charge on any atom is 0.254 e. The van der Waals surface area contributed by atoms with E-state index >= 15 is 0 Å². The predicted molar refractivity (Wildman–Crippen MR) is 84.1 cm³/mol. The summed E-state index contributed by atoms with van der Waals surface area (Å²) in [5, 5.41) is 11.3. The van der Waals surface area contributed by atoms with Gasteiger partial charge in [-0.15, -0.1) is 0 Å². The van der Waals surface area contributed by atoms with Crippen molar-refractivity contribution in [3.8, 4) is 0 Å². The number of carbonyl (C=O) groups excluding carboxylic acids is 1. The van der Waals surface area contributed by atoms with Gasteiger partial charge in [-0.05, 0) is 26.3 Å². The van der Waals surface area contributed by atoms with Gasteiger partial charge < -0.3 is 15.0 Å². The topological polar surface area (TPSA) is 92.8 Å². The Morgan fingerprint density at radius 1 is 1.43 bits per heavy atom. The lowest BCUT2D eigenvalue weighted by Gasteiger charge is -2.27. The highest BCUT2D eigenvalue weighted by Gasteiger charge is 2.41. The summed E-state index contributed by atoms with van der Waals surface area (Å²) in [4.78, 5) is 20.5. The van der Waals surface area contributed by atoms with Gasteiger partial charge in [0.25, 0.3) is 5.91 Å². The van der Waals surface area contributed by atoms with E-state index in [1.165, 1.54) is 0 Å². The van der Waals surface area contributed by atoms with E-state index in [9.17, 15) is 4.79 Å². The number of hydrogen-bond acceptors (Lipinski definition) is 5. The first-order valence-corrected chi connectivity index (χ1v) is 7.79. The van der Waals surface area contributed by atoms with Gasteiger partial charge in [0.15, 0.2) is 0 Å². The van der Waals surface area contributed by atoms with E-state index in [4.69, 9.17) is 4.74 Å². The monoisotopic (exact) mass is 315 g/mol. The molecule has 1 fully saturated rings. The summed E-state index contributed by atoms with van der Waals surface area (Å²) >= 11 is 0. The van der Waals surface area contributed by atoms with Crippen LogP contribution in [0, 0.1) is 13.8 Å². The second-order valence-electron chi connectivity index (χ2n) is 5.95. The molecule has 2 N–H and O–H groups in total. The average molecular weight is 315 g/mol. The summed E-state index contributed by atoms with van der Waals surface area (Å²) < 4.78 is 5.54. The average Bonchev–Trinajstić information content (AvgIpc) is 3.17. The SMILES string of the molecule is CCc1nnc(C)cc1C(=O)NC1(c2ncc(C)[nH]2)CCOC1. The maximum absolute atomic E-state index is 12.8. The van der Waals surface area contributed by atoms with E-state index in [1.807, 2.05) is 20.8 Å². The van der Waals surface area contributed by atoms with Crippen LogP contribution in [0.25, 0.3) is 0 Å². The predicted octanol–water partition coefficient (Wildman–Crippen LogP) is 1.42. The zero-order valence-corrected chi connectivity index (χ0v) is 13.6. The quantitative estimate of drug-likeness (QED) is 0.890. The van der Waals surface area contributed by atoms with Crippen molar-refractivity contribution in [2.75, 3.05) is 13.2 Å². The largest absolute Gasteiger partial charge is 0.378 e. The molecule has 2 aromatic rings. The standard InChI is InChI=1S/C16H21N5O2/c1-4-13-12(7-10(2)20-21-13)14(22)19-16(5-6-23-9-16)15-17-8-11(3)18-15/h7-8H,4-6,9H2,1-3H3,(H,17,18)(H,19,22). The van der Waals surface area contributed by atoms with Crippen LogP contribution in [0.4, 0.5) is 0 Å². The minimum atomic E-state index is -0.618. The van der Waals surface area contributed by atoms with Gasteiger partial charge in [-0.3, -0.25) is 4.79 Å². The van der Waals surface area contributed by atoms with Crippen molar-refractivity contribution >= 4 is 5.91 Å². The molecule has 1 aliphatic heterocycles. The van der Waals surface area contributed by atoms with Crippen LogP contribution < -0.4 is 5.32 Å². The Morgan fingerprint density at radius 3 is 2.87 bits per heavy atom. The molecule has 1 unspecified atom stereocenters. The fourth-order valence-electron chi connectivity index (χ4n) is 2.82. The number of nitrogens with one attached hydrogen (secondary N) is 2. The van der Waals surface area contributed by atoms with Gasteiger partial charge in [-0.25, -0.2) is 4.98 Å². The van der Waals surface area contributed by atoms with Crippen LogP contribution in [0.1, 0.15) is 46.6 Å². The third-order valence-electron chi connectivity index (χ3n) is 4.10. The molecule has 7 nitrogen and oxygen atoms in total. The number of aromatic nitrogens is 4. The maximum atomic E-state index is 12.8. The number of imidazole rings is 1. The Morgan fingerprint density at radius 2 is 2.26 bits per heavy atom. The minimum absolute atomic E-state index is 0.167. The molecule has 3 heterocycles. The van der Waals surface area contributed by atoms with Crippen molar-refractivity contribution in [1.29, 1.82) is 0 Å². The second kappa shape index (κ2) is 6.08. The van der Waals surface area contributed by atoms with Crippen LogP contribution in [0.3, 0.4) is 0 Å². The number of hydrogen-bond donors (Lipinski definition) is 2. The molecule has 0 aromatic carbocycles. The van der Waals surface area contributed by atoms with E-state index in [-0.39, 0.29) is 5.91 Å². The van der Waals surface area contributed by atoms with Gasteiger partial charge in [0.2, 0.25) is 0 Å². The molecule has 0 bridgehead atoms. The summed E-state index contributed by atoms with van der Waals surface area (Å²) in [6, 6.07) is 1.78. The Kier molecular flexibility index (Phi) is 4.12. The lowest BCUT2D eigenvalue weighted by molar-refractivity contribution is 0.0867. The number of aryl methyl sites for hydroxylation is 3.